The molecule has 184 valence electrons. The van der Waals surface area contributed by atoms with Gasteiger partial charge in [0.05, 0.1) is 41.2 Å². The van der Waals surface area contributed by atoms with Gasteiger partial charge in [-0.1, -0.05) is 22.9 Å². The molecule has 11 heteroatoms. The molecule has 0 unspecified atom stereocenters. The third-order valence-electron chi connectivity index (χ3n) is 6.75. The second-order valence-electron chi connectivity index (χ2n) is 9.42. The zero-order chi connectivity index (χ0) is 25.0. The molecule has 1 saturated carbocycles. The van der Waals surface area contributed by atoms with E-state index in [1.165, 1.54) is 0 Å². The molecule has 3 aromatic heterocycles. The van der Waals surface area contributed by atoms with Crippen molar-refractivity contribution in [2.45, 2.75) is 25.0 Å². The molecule has 2 aliphatic rings. The van der Waals surface area contributed by atoms with Crippen LogP contribution in [0.25, 0.3) is 22.2 Å². The molecule has 1 saturated heterocycles. The molecular weight excluding hydrogens is 480 g/mol. The Morgan fingerprint density at radius 3 is 2.64 bits per heavy atom. The molecule has 1 aliphatic carbocycles. The van der Waals surface area contributed by atoms with Gasteiger partial charge in [0.1, 0.15) is 0 Å². The van der Waals surface area contributed by atoms with Gasteiger partial charge in [0, 0.05) is 49.0 Å². The first-order valence-electron chi connectivity index (χ1n) is 11.9. The predicted molar refractivity (Wildman–Crippen MR) is 134 cm³/mol. The zero-order valence-electron chi connectivity index (χ0n) is 19.7. The molecule has 0 spiro atoms. The highest BCUT2D eigenvalue weighted by atomic mass is 35.5. The maximum atomic E-state index is 13.3. The number of amides is 2. The van der Waals surface area contributed by atoms with Gasteiger partial charge in [-0.25, -0.2) is 9.67 Å². The van der Waals surface area contributed by atoms with E-state index in [-0.39, 0.29) is 24.1 Å². The Morgan fingerprint density at radius 2 is 1.92 bits per heavy atom. The van der Waals surface area contributed by atoms with Gasteiger partial charge in [0.2, 0.25) is 0 Å². The summed E-state index contributed by atoms with van der Waals surface area (Å²) in [4.78, 5) is 34.3. The van der Waals surface area contributed by atoms with Gasteiger partial charge in [-0.3, -0.25) is 9.59 Å². The van der Waals surface area contributed by atoms with Crippen LogP contribution in [0.1, 0.15) is 39.7 Å². The fourth-order valence-corrected chi connectivity index (χ4v) is 4.85. The van der Waals surface area contributed by atoms with Crippen molar-refractivity contribution in [3.63, 3.8) is 0 Å². The molecule has 2 N–H and O–H groups in total. The summed E-state index contributed by atoms with van der Waals surface area (Å²) in [6.07, 6.45) is 7.06. The third kappa shape index (κ3) is 4.12. The zero-order valence-corrected chi connectivity index (χ0v) is 20.5. The van der Waals surface area contributed by atoms with Gasteiger partial charge >= 0.3 is 0 Å². The number of hydrogen-bond acceptors (Lipinski definition) is 6. The number of aromatic nitrogens is 5. The fourth-order valence-electron chi connectivity index (χ4n) is 4.59. The summed E-state index contributed by atoms with van der Waals surface area (Å²) in [5, 5.41) is 9.43. The number of halogens is 1. The number of hydrogen-bond donors (Lipinski definition) is 1. The van der Waals surface area contributed by atoms with Crippen LogP contribution in [-0.2, 0) is 7.05 Å². The molecule has 4 aromatic rings. The van der Waals surface area contributed by atoms with Gasteiger partial charge in [0.15, 0.2) is 5.69 Å². The summed E-state index contributed by atoms with van der Waals surface area (Å²) in [5.74, 6) is -0.429. The quantitative estimate of drug-likeness (QED) is 0.457. The van der Waals surface area contributed by atoms with E-state index in [0.29, 0.717) is 35.2 Å². The monoisotopic (exact) mass is 504 g/mol. The van der Waals surface area contributed by atoms with Crippen molar-refractivity contribution in [3.8, 4) is 11.3 Å². The standard InChI is InChI=1S/C25H25ClN8O2/c1-31-7-6-16(12-31)20-11-19(26)18-5-2-15(10-21(18)28-20)24(35)32-8-9-33(23(27)14-32)25(36)22-13-34(30-29-22)17-3-4-17/h2,5-7,10-13,17,23H,3-4,8-9,14,27H2,1H3/t23-/m0/s1. The molecule has 4 heterocycles. The summed E-state index contributed by atoms with van der Waals surface area (Å²) < 4.78 is 3.68. The molecule has 2 fully saturated rings. The van der Waals surface area contributed by atoms with E-state index < -0.39 is 6.17 Å². The number of benzene rings is 1. The van der Waals surface area contributed by atoms with Crippen LogP contribution < -0.4 is 5.73 Å². The van der Waals surface area contributed by atoms with Crippen LogP contribution in [-0.4, -0.2) is 72.0 Å². The number of piperazine rings is 1. The lowest BCUT2D eigenvalue weighted by atomic mass is 10.1. The molecule has 36 heavy (non-hydrogen) atoms. The average Bonchev–Trinajstić information content (AvgIpc) is 3.43. The van der Waals surface area contributed by atoms with E-state index in [2.05, 4.69) is 10.3 Å². The second kappa shape index (κ2) is 8.72. The third-order valence-corrected chi connectivity index (χ3v) is 7.06. The van der Waals surface area contributed by atoms with Gasteiger partial charge < -0.3 is 20.1 Å². The Bertz CT molecular complexity index is 1490. The lowest BCUT2D eigenvalue weighted by Crippen LogP contribution is -2.60. The van der Waals surface area contributed by atoms with E-state index in [0.717, 1.165) is 29.5 Å². The van der Waals surface area contributed by atoms with Crippen molar-refractivity contribution in [2.24, 2.45) is 12.8 Å². The van der Waals surface area contributed by atoms with E-state index >= 15 is 0 Å². The summed E-state index contributed by atoms with van der Waals surface area (Å²) >= 11 is 6.53. The average molecular weight is 505 g/mol. The first-order valence-corrected chi connectivity index (χ1v) is 12.3. The van der Waals surface area contributed by atoms with Crippen LogP contribution in [0.2, 0.25) is 5.02 Å². The maximum absolute atomic E-state index is 13.3. The van der Waals surface area contributed by atoms with Gasteiger partial charge in [-0.05, 0) is 37.1 Å². The first kappa shape index (κ1) is 22.7. The molecule has 10 nitrogen and oxygen atoms in total. The number of nitrogens with two attached hydrogens (primary N) is 1. The number of pyridine rings is 1. The van der Waals surface area contributed by atoms with E-state index in [1.54, 1.807) is 32.8 Å². The van der Waals surface area contributed by atoms with Crippen LogP contribution >= 0.6 is 11.6 Å². The Balaban J connectivity index is 1.19. The van der Waals surface area contributed by atoms with Crippen molar-refractivity contribution in [1.82, 2.24) is 34.3 Å². The van der Waals surface area contributed by atoms with Gasteiger partial charge in [0.25, 0.3) is 11.8 Å². The largest absolute Gasteiger partial charge is 0.357 e. The second-order valence-corrected chi connectivity index (χ2v) is 9.83. The molecule has 1 aliphatic heterocycles. The SMILES string of the molecule is Cn1ccc(-c2cc(Cl)c3ccc(C(=O)N4CCN(C(=O)c5cn(C6CC6)nn5)[C@H](N)C4)cc3n2)c1. The van der Waals surface area contributed by atoms with E-state index in [4.69, 9.17) is 22.3 Å². The van der Waals surface area contributed by atoms with Crippen LogP contribution in [0, 0.1) is 0 Å². The van der Waals surface area contributed by atoms with Crippen molar-refractivity contribution >= 4 is 34.3 Å². The summed E-state index contributed by atoms with van der Waals surface area (Å²) in [6, 6.07) is 9.47. The van der Waals surface area contributed by atoms with Crippen LogP contribution in [0.5, 0.6) is 0 Å². The van der Waals surface area contributed by atoms with Gasteiger partial charge in [-0.15, -0.1) is 5.10 Å². The Kier molecular flexibility index (Phi) is 5.50. The number of rotatable bonds is 4. The van der Waals surface area contributed by atoms with Crippen LogP contribution in [0.3, 0.4) is 0 Å². The predicted octanol–water partition coefficient (Wildman–Crippen LogP) is 2.70. The number of carbonyl (C=O) groups is 2. The minimum atomic E-state index is -0.640. The smallest absolute Gasteiger partial charge is 0.277 e. The van der Waals surface area contributed by atoms with Gasteiger partial charge in [-0.2, -0.15) is 0 Å². The minimum Gasteiger partial charge on any atom is -0.357 e. The van der Waals surface area contributed by atoms with Crippen molar-refractivity contribution in [3.05, 3.63) is 65.2 Å². The summed E-state index contributed by atoms with van der Waals surface area (Å²) in [6.45, 7) is 0.904. The lowest BCUT2D eigenvalue weighted by Gasteiger charge is -2.39. The van der Waals surface area contributed by atoms with Crippen molar-refractivity contribution in [1.29, 1.82) is 0 Å². The highest BCUT2D eigenvalue weighted by Crippen LogP contribution is 2.34. The maximum Gasteiger partial charge on any atom is 0.277 e. The highest BCUT2D eigenvalue weighted by molar-refractivity contribution is 6.35. The normalized spacial score (nSPS) is 18.1. The highest BCUT2D eigenvalue weighted by Gasteiger charge is 2.33. The van der Waals surface area contributed by atoms with Crippen LogP contribution in [0.4, 0.5) is 0 Å². The van der Waals surface area contributed by atoms with E-state index in [1.807, 2.05) is 42.2 Å². The summed E-state index contributed by atoms with van der Waals surface area (Å²) in [5.41, 5.74) is 9.43. The molecule has 0 radical (unpaired) electrons. The Labute approximate surface area is 212 Å². The fraction of sp³-hybridized carbons (Fsp3) is 0.320. The Morgan fingerprint density at radius 1 is 1.08 bits per heavy atom. The molecule has 6 rings (SSSR count). The molecule has 1 atom stereocenters. The molecular formula is C25H25ClN8O2. The number of nitrogens with zero attached hydrogens (tertiary/aromatic N) is 7. The van der Waals surface area contributed by atoms with Crippen molar-refractivity contribution in [2.75, 3.05) is 19.6 Å². The lowest BCUT2D eigenvalue weighted by molar-refractivity contribution is 0.0392. The number of aryl methyl sites for hydroxylation is 1. The molecule has 2 amide bonds. The Hall–Kier alpha value is -3.76. The van der Waals surface area contributed by atoms with E-state index in [9.17, 15) is 9.59 Å². The summed E-state index contributed by atoms with van der Waals surface area (Å²) in [7, 11) is 1.94. The van der Waals surface area contributed by atoms with Crippen LogP contribution in [0.15, 0.2) is 48.9 Å². The first-order chi connectivity index (χ1) is 17.4. The van der Waals surface area contributed by atoms with Crippen molar-refractivity contribution < 1.29 is 9.59 Å². The number of fused-ring (bicyclic) bond motifs is 1. The molecule has 0 bridgehead atoms. The molecule has 1 aromatic carbocycles. The topological polar surface area (TPSA) is 115 Å². The minimum absolute atomic E-state index is 0.165. The number of carbonyl (C=O) groups excluding carboxylic acids is 2.